The lowest BCUT2D eigenvalue weighted by molar-refractivity contribution is 0.531. The van der Waals surface area contributed by atoms with Gasteiger partial charge in [0.1, 0.15) is 4.75 Å². The van der Waals surface area contributed by atoms with Crippen LogP contribution in [0, 0.1) is 6.92 Å². The molecule has 0 radical (unpaired) electrons. The van der Waals surface area contributed by atoms with Gasteiger partial charge in [0.15, 0.2) is 0 Å². The highest BCUT2D eigenvalue weighted by molar-refractivity contribution is 9.10. The number of aryl methyl sites for hydroxylation is 1. The molecule has 0 amide bonds. The van der Waals surface area contributed by atoms with Crippen LogP contribution in [0.15, 0.2) is 22.7 Å². The molecule has 0 aliphatic heterocycles. The summed E-state index contributed by atoms with van der Waals surface area (Å²) < 4.78 is 16.0. The molecule has 1 rings (SSSR count). The maximum absolute atomic E-state index is 12.0. The van der Waals surface area contributed by atoms with Gasteiger partial charge in [-0.05, 0) is 51.8 Å². The third-order valence-corrected chi connectivity index (χ3v) is 5.07. The average molecular weight is 318 g/mol. The van der Waals surface area contributed by atoms with Crippen LogP contribution in [-0.4, -0.2) is 9.30 Å². The second-order valence-corrected chi connectivity index (χ2v) is 8.08. The first-order valence-corrected chi connectivity index (χ1v) is 7.60. The predicted molar refractivity (Wildman–Crippen MR) is 78.3 cm³/mol. The lowest BCUT2D eigenvalue weighted by Crippen LogP contribution is -2.40. The molecule has 0 saturated carbocycles. The Hall–Kier alpha value is -0.0300. The van der Waals surface area contributed by atoms with Crippen LogP contribution in [0.4, 0.5) is 0 Å². The highest BCUT2D eigenvalue weighted by Crippen LogP contribution is 2.24. The molecule has 1 aromatic carbocycles. The third-order valence-electron chi connectivity index (χ3n) is 2.54. The number of hydrogen-bond donors (Lipinski definition) is 1. The number of benzene rings is 1. The van der Waals surface area contributed by atoms with E-state index in [0.717, 1.165) is 10.0 Å². The molecule has 0 aromatic heterocycles. The van der Waals surface area contributed by atoms with Crippen LogP contribution in [-0.2, 0) is 11.4 Å². The topological polar surface area (TPSA) is 35.1 Å². The van der Waals surface area contributed by atoms with Crippen LogP contribution in [0.25, 0.3) is 0 Å². The van der Waals surface area contributed by atoms with Crippen molar-refractivity contribution in [2.24, 2.45) is 0 Å². The Bertz CT molecular complexity index is 389. The maximum Gasteiger partial charge on any atom is 0.136 e. The van der Waals surface area contributed by atoms with Crippen molar-refractivity contribution >= 4 is 27.3 Å². The van der Waals surface area contributed by atoms with E-state index in [4.69, 9.17) is 0 Å². The quantitative estimate of drug-likeness (QED) is 0.859. The Kier molecular flexibility index (Phi) is 5.07. The summed E-state index contributed by atoms with van der Waals surface area (Å²) in [5.41, 5.74) is 2.35. The van der Waals surface area contributed by atoms with Crippen molar-refractivity contribution in [1.82, 2.24) is 4.72 Å². The molecule has 0 saturated heterocycles. The van der Waals surface area contributed by atoms with Crippen molar-refractivity contribution < 1.29 is 4.55 Å². The fourth-order valence-electron chi connectivity index (χ4n) is 1.28. The summed E-state index contributed by atoms with van der Waals surface area (Å²) in [6.07, 6.45) is 0. The molecule has 0 heterocycles. The standard InChI is InChI=1S/C13H20BrNOS/c1-9-6-7-11(8-12(9)14)10(2)15-17(16)13(3,4)5/h6-8,10,15H,1-5H3/t10-,17-/m1/s1. The van der Waals surface area contributed by atoms with Crippen LogP contribution < -0.4 is 4.72 Å². The van der Waals surface area contributed by atoms with Gasteiger partial charge in [0.05, 0.1) is 6.04 Å². The van der Waals surface area contributed by atoms with E-state index >= 15 is 0 Å². The van der Waals surface area contributed by atoms with Crippen LogP contribution in [0.1, 0.15) is 44.9 Å². The molecule has 0 unspecified atom stereocenters. The summed E-state index contributed by atoms with van der Waals surface area (Å²) in [5.74, 6) is 0. The van der Waals surface area contributed by atoms with Gasteiger partial charge >= 0.3 is 0 Å². The van der Waals surface area contributed by atoms with E-state index < -0.39 is 11.4 Å². The van der Waals surface area contributed by atoms with Crippen LogP contribution >= 0.6 is 15.9 Å². The average Bonchev–Trinajstić information content (AvgIpc) is 2.20. The van der Waals surface area contributed by atoms with Crippen LogP contribution in [0.3, 0.4) is 0 Å². The molecule has 1 N–H and O–H groups in total. The zero-order chi connectivity index (χ0) is 13.2. The minimum absolute atomic E-state index is 0.0759. The first kappa shape index (κ1) is 15.0. The van der Waals surface area contributed by atoms with E-state index in [2.05, 4.69) is 45.8 Å². The molecule has 0 bridgehead atoms. The molecule has 17 heavy (non-hydrogen) atoms. The molecule has 2 nitrogen and oxygen atoms in total. The molecule has 1 aromatic rings. The maximum atomic E-state index is 12.0. The van der Waals surface area contributed by atoms with Gasteiger partial charge in [-0.15, -0.1) is 4.72 Å². The number of nitrogens with one attached hydrogen (secondary N) is 1. The summed E-state index contributed by atoms with van der Waals surface area (Å²) in [6.45, 7) is 9.98. The molecule has 0 spiro atoms. The second kappa shape index (κ2) is 5.74. The van der Waals surface area contributed by atoms with Gasteiger partial charge < -0.3 is 4.55 Å². The Morgan fingerprint density at radius 3 is 2.41 bits per heavy atom. The van der Waals surface area contributed by atoms with E-state index in [0.29, 0.717) is 0 Å². The zero-order valence-corrected chi connectivity index (χ0v) is 13.4. The Morgan fingerprint density at radius 2 is 1.94 bits per heavy atom. The monoisotopic (exact) mass is 317 g/mol. The summed E-state index contributed by atoms with van der Waals surface area (Å²) in [4.78, 5) is 0. The smallest absolute Gasteiger partial charge is 0.136 e. The number of hydrogen-bond acceptors (Lipinski definition) is 2. The molecule has 0 aliphatic rings. The molecule has 96 valence electrons. The zero-order valence-electron chi connectivity index (χ0n) is 11.0. The highest BCUT2D eigenvalue weighted by atomic mass is 79.9. The fourth-order valence-corrected chi connectivity index (χ4v) is 2.49. The largest absolute Gasteiger partial charge is 0.598 e. The Labute approximate surface area is 116 Å². The highest BCUT2D eigenvalue weighted by Gasteiger charge is 2.28. The van der Waals surface area contributed by atoms with Gasteiger partial charge in [0.2, 0.25) is 0 Å². The van der Waals surface area contributed by atoms with Crippen molar-refractivity contribution in [3.05, 3.63) is 33.8 Å². The normalized spacial score (nSPS) is 15.7. The minimum atomic E-state index is -1.05. The van der Waals surface area contributed by atoms with Gasteiger partial charge in [-0.3, -0.25) is 0 Å². The number of halogens is 1. The SMILES string of the molecule is Cc1ccc([C@@H](C)N[S@+]([O-])C(C)(C)C)cc1Br. The molecule has 2 atom stereocenters. The van der Waals surface area contributed by atoms with E-state index in [-0.39, 0.29) is 10.8 Å². The van der Waals surface area contributed by atoms with Crippen molar-refractivity contribution in [3.63, 3.8) is 0 Å². The van der Waals surface area contributed by atoms with E-state index in [1.807, 2.05) is 27.7 Å². The Morgan fingerprint density at radius 1 is 1.35 bits per heavy atom. The van der Waals surface area contributed by atoms with Crippen molar-refractivity contribution in [2.45, 2.75) is 45.4 Å². The molecular formula is C13H20BrNOS. The second-order valence-electron chi connectivity index (χ2n) is 5.23. The number of rotatable bonds is 3. The van der Waals surface area contributed by atoms with E-state index in [1.165, 1.54) is 5.56 Å². The van der Waals surface area contributed by atoms with Crippen molar-refractivity contribution in [2.75, 3.05) is 0 Å². The van der Waals surface area contributed by atoms with E-state index in [9.17, 15) is 4.55 Å². The molecule has 4 heteroatoms. The fraction of sp³-hybridized carbons (Fsp3) is 0.538. The van der Waals surface area contributed by atoms with Gasteiger partial charge in [-0.1, -0.05) is 28.1 Å². The molecule has 0 aliphatic carbocycles. The summed E-state index contributed by atoms with van der Waals surface area (Å²) in [5, 5.41) is 0. The molecular weight excluding hydrogens is 298 g/mol. The van der Waals surface area contributed by atoms with Crippen molar-refractivity contribution in [1.29, 1.82) is 0 Å². The van der Waals surface area contributed by atoms with Gasteiger partial charge in [0, 0.05) is 15.8 Å². The first-order valence-electron chi connectivity index (χ1n) is 5.66. The van der Waals surface area contributed by atoms with Gasteiger partial charge in [-0.25, -0.2) is 0 Å². The minimum Gasteiger partial charge on any atom is -0.598 e. The van der Waals surface area contributed by atoms with Gasteiger partial charge in [0.25, 0.3) is 0 Å². The lowest BCUT2D eigenvalue weighted by Gasteiger charge is -2.26. The summed E-state index contributed by atoms with van der Waals surface area (Å²) >= 11 is 2.47. The summed E-state index contributed by atoms with van der Waals surface area (Å²) in [7, 11) is 0. The first-order chi connectivity index (χ1) is 7.71. The van der Waals surface area contributed by atoms with E-state index in [1.54, 1.807) is 0 Å². The summed E-state index contributed by atoms with van der Waals surface area (Å²) in [6, 6.07) is 6.29. The van der Waals surface area contributed by atoms with Crippen LogP contribution in [0.5, 0.6) is 0 Å². The third kappa shape index (κ3) is 4.28. The van der Waals surface area contributed by atoms with Gasteiger partial charge in [-0.2, -0.15) is 0 Å². The molecule has 0 fully saturated rings. The lowest BCUT2D eigenvalue weighted by atomic mass is 10.1. The Balaban J connectivity index is 2.76. The van der Waals surface area contributed by atoms with Crippen LogP contribution in [0.2, 0.25) is 0 Å². The predicted octanol–water partition coefficient (Wildman–Crippen LogP) is 3.87. The van der Waals surface area contributed by atoms with Crippen molar-refractivity contribution in [3.8, 4) is 0 Å².